The highest BCUT2D eigenvalue weighted by atomic mass is 14.9. The molecular formula is C20H29N3. The SMILES string of the molecule is CCNCCCC(C)Nc1c2c(nc3ccccc13)CCCC2. The first-order valence-electron chi connectivity index (χ1n) is 9.17. The smallest absolute Gasteiger partial charge is 0.0726 e. The van der Waals surface area contributed by atoms with Gasteiger partial charge in [0.05, 0.1) is 5.52 Å². The van der Waals surface area contributed by atoms with Gasteiger partial charge in [-0.2, -0.15) is 0 Å². The van der Waals surface area contributed by atoms with Gasteiger partial charge in [0.25, 0.3) is 0 Å². The summed E-state index contributed by atoms with van der Waals surface area (Å²) >= 11 is 0. The lowest BCUT2D eigenvalue weighted by atomic mass is 9.92. The topological polar surface area (TPSA) is 37.0 Å². The van der Waals surface area contributed by atoms with E-state index in [9.17, 15) is 0 Å². The summed E-state index contributed by atoms with van der Waals surface area (Å²) in [6.07, 6.45) is 7.27. The van der Waals surface area contributed by atoms with Crippen LogP contribution < -0.4 is 10.6 Å². The zero-order valence-corrected chi connectivity index (χ0v) is 14.5. The van der Waals surface area contributed by atoms with Gasteiger partial charge in [-0.05, 0) is 70.2 Å². The predicted molar refractivity (Wildman–Crippen MR) is 99.2 cm³/mol. The summed E-state index contributed by atoms with van der Waals surface area (Å²) in [5.74, 6) is 0. The minimum absolute atomic E-state index is 0.491. The summed E-state index contributed by atoms with van der Waals surface area (Å²) in [4.78, 5) is 4.92. The Bertz CT molecular complexity index is 651. The van der Waals surface area contributed by atoms with Crippen molar-refractivity contribution in [1.29, 1.82) is 0 Å². The van der Waals surface area contributed by atoms with Crippen LogP contribution in [0.3, 0.4) is 0 Å². The van der Waals surface area contributed by atoms with E-state index < -0.39 is 0 Å². The van der Waals surface area contributed by atoms with Gasteiger partial charge in [0.2, 0.25) is 0 Å². The Balaban J connectivity index is 1.83. The van der Waals surface area contributed by atoms with Crippen LogP contribution in [0.15, 0.2) is 24.3 Å². The van der Waals surface area contributed by atoms with Gasteiger partial charge in [-0.1, -0.05) is 25.1 Å². The van der Waals surface area contributed by atoms with Gasteiger partial charge in [0.15, 0.2) is 0 Å². The Kier molecular flexibility index (Phi) is 5.50. The fourth-order valence-corrected chi connectivity index (χ4v) is 3.57. The number of aromatic nitrogens is 1. The number of para-hydroxylation sites is 1. The molecule has 1 unspecified atom stereocenters. The molecule has 1 aromatic carbocycles. The first-order chi connectivity index (χ1) is 11.3. The number of anilines is 1. The summed E-state index contributed by atoms with van der Waals surface area (Å²) in [6, 6.07) is 9.07. The molecule has 1 aliphatic carbocycles. The number of benzene rings is 1. The van der Waals surface area contributed by atoms with Crippen LogP contribution in [0.4, 0.5) is 5.69 Å². The summed E-state index contributed by atoms with van der Waals surface area (Å²) in [5, 5.41) is 8.52. The fourth-order valence-electron chi connectivity index (χ4n) is 3.57. The summed E-state index contributed by atoms with van der Waals surface area (Å²) in [6.45, 7) is 6.63. The average Bonchev–Trinajstić information content (AvgIpc) is 2.58. The first-order valence-corrected chi connectivity index (χ1v) is 9.17. The van der Waals surface area contributed by atoms with Crippen LogP contribution in [0.5, 0.6) is 0 Å². The fraction of sp³-hybridized carbons (Fsp3) is 0.550. The third-order valence-corrected chi connectivity index (χ3v) is 4.80. The Hall–Kier alpha value is -1.61. The molecule has 124 valence electrons. The minimum Gasteiger partial charge on any atom is -0.382 e. The number of rotatable bonds is 7. The van der Waals surface area contributed by atoms with Gasteiger partial charge in [-0.15, -0.1) is 0 Å². The minimum atomic E-state index is 0.491. The van der Waals surface area contributed by atoms with Crippen LogP contribution in [-0.4, -0.2) is 24.1 Å². The predicted octanol–water partition coefficient (Wildman–Crippen LogP) is 4.30. The van der Waals surface area contributed by atoms with Crippen LogP contribution in [0.1, 0.15) is 50.8 Å². The maximum atomic E-state index is 4.92. The molecule has 0 saturated carbocycles. The second-order valence-corrected chi connectivity index (χ2v) is 6.68. The van der Waals surface area contributed by atoms with Crippen molar-refractivity contribution in [3.63, 3.8) is 0 Å². The molecule has 2 aromatic rings. The number of nitrogens with zero attached hydrogens (tertiary/aromatic N) is 1. The lowest BCUT2D eigenvalue weighted by Gasteiger charge is -2.24. The molecule has 0 fully saturated rings. The summed E-state index contributed by atoms with van der Waals surface area (Å²) < 4.78 is 0. The molecule has 0 spiro atoms. The molecule has 1 atom stereocenters. The normalized spacial score (nSPS) is 15.4. The van der Waals surface area contributed by atoms with Crippen molar-refractivity contribution in [3.05, 3.63) is 35.5 Å². The summed E-state index contributed by atoms with van der Waals surface area (Å²) in [7, 11) is 0. The summed E-state index contributed by atoms with van der Waals surface area (Å²) in [5.41, 5.74) is 5.27. The molecule has 23 heavy (non-hydrogen) atoms. The van der Waals surface area contributed by atoms with Crippen LogP contribution in [0.2, 0.25) is 0 Å². The molecule has 2 N–H and O–H groups in total. The lowest BCUT2D eigenvalue weighted by molar-refractivity contribution is 0.602. The number of aryl methyl sites for hydroxylation is 1. The van der Waals surface area contributed by atoms with Crippen molar-refractivity contribution in [2.45, 2.75) is 58.4 Å². The zero-order valence-electron chi connectivity index (χ0n) is 14.5. The van der Waals surface area contributed by atoms with Crippen LogP contribution in [0, 0.1) is 0 Å². The molecule has 3 heteroatoms. The van der Waals surface area contributed by atoms with E-state index in [1.807, 2.05) is 0 Å². The maximum Gasteiger partial charge on any atom is 0.0726 e. The molecule has 0 saturated heterocycles. The molecule has 3 nitrogen and oxygen atoms in total. The molecule has 0 aliphatic heterocycles. The second-order valence-electron chi connectivity index (χ2n) is 6.68. The van der Waals surface area contributed by atoms with Crippen LogP contribution >= 0.6 is 0 Å². The molecule has 1 heterocycles. The van der Waals surface area contributed by atoms with E-state index in [2.05, 4.69) is 48.7 Å². The van der Waals surface area contributed by atoms with Crippen molar-refractivity contribution in [2.75, 3.05) is 18.4 Å². The molecular weight excluding hydrogens is 282 g/mol. The Labute approximate surface area is 139 Å². The number of hydrogen-bond donors (Lipinski definition) is 2. The number of fused-ring (bicyclic) bond motifs is 2. The van der Waals surface area contributed by atoms with E-state index >= 15 is 0 Å². The van der Waals surface area contributed by atoms with Gasteiger partial charge < -0.3 is 10.6 Å². The Morgan fingerprint density at radius 2 is 2.00 bits per heavy atom. The number of pyridine rings is 1. The van der Waals surface area contributed by atoms with E-state index in [4.69, 9.17) is 4.98 Å². The third-order valence-electron chi connectivity index (χ3n) is 4.80. The third kappa shape index (κ3) is 3.84. The largest absolute Gasteiger partial charge is 0.382 e. The highest BCUT2D eigenvalue weighted by molar-refractivity contribution is 5.93. The second kappa shape index (κ2) is 7.78. The number of nitrogens with one attached hydrogen (secondary N) is 2. The van der Waals surface area contributed by atoms with Crippen molar-refractivity contribution in [2.24, 2.45) is 0 Å². The van der Waals surface area contributed by atoms with E-state index in [0.717, 1.165) is 25.0 Å². The highest BCUT2D eigenvalue weighted by Crippen LogP contribution is 2.33. The van der Waals surface area contributed by atoms with E-state index in [0.29, 0.717) is 6.04 Å². The van der Waals surface area contributed by atoms with Gasteiger partial charge in [-0.3, -0.25) is 4.98 Å². The number of hydrogen-bond acceptors (Lipinski definition) is 3. The van der Waals surface area contributed by atoms with Gasteiger partial charge in [0, 0.05) is 22.8 Å². The average molecular weight is 311 g/mol. The standard InChI is InChI=1S/C20H29N3/c1-3-21-14-8-9-15(2)22-20-16-10-4-6-12-18(16)23-19-13-7-5-11-17(19)20/h4,6,10,12,15,21H,3,5,7-9,11,13-14H2,1-2H3,(H,22,23). The maximum absolute atomic E-state index is 4.92. The van der Waals surface area contributed by atoms with Crippen molar-refractivity contribution < 1.29 is 0 Å². The van der Waals surface area contributed by atoms with Gasteiger partial charge >= 0.3 is 0 Å². The Morgan fingerprint density at radius 1 is 1.17 bits per heavy atom. The zero-order chi connectivity index (χ0) is 16.1. The van der Waals surface area contributed by atoms with Crippen molar-refractivity contribution in [1.82, 2.24) is 10.3 Å². The van der Waals surface area contributed by atoms with Gasteiger partial charge in [0.1, 0.15) is 0 Å². The van der Waals surface area contributed by atoms with E-state index in [1.165, 1.54) is 54.4 Å². The van der Waals surface area contributed by atoms with Crippen LogP contribution in [-0.2, 0) is 12.8 Å². The molecule has 0 bridgehead atoms. The molecule has 1 aliphatic rings. The monoisotopic (exact) mass is 311 g/mol. The molecule has 3 rings (SSSR count). The highest BCUT2D eigenvalue weighted by Gasteiger charge is 2.18. The lowest BCUT2D eigenvalue weighted by Crippen LogP contribution is -2.21. The van der Waals surface area contributed by atoms with Gasteiger partial charge in [-0.25, -0.2) is 0 Å². The van der Waals surface area contributed by atoms with Crippen molar-refractivity contribution >= 4 is 16.6 Å². The molecule has 0 radical (unpaired) electrons. The van der Waals surface area contributed by atoms with E-state index in [-0.39, 0.29) is 0 Å². The Morgan fingerprint density at radius 3 is 2.87 bits per heavy atom. The molecule has 1 aromatic heterocycles. The van der Waals surface area contributed by atoms with Crippen molar-refractivity contribution in [3.8, 4) is 0 Å². The quantitative estimate of drug-likeness (QED) is 0.748. The van der Waals surface area contributed by atoms with Crippen LogP contribution in [0.25, 0.3) is 10.9 Å². The molecule has 0 amide bonds. The first kappa shape index (κ1) is 16.3. The van der Waals surface area contributed by atoms with E-state index in [1.54, 1.807) is 0 Å².